The lowest BCUT2D eigenvalue weighted by Gasteiger charge is -2.25. The third-order valence-corrected chi connectivity index (χ3v) is 7.47. The molecule has 1 heterocycles. The van der Waals surface area contributed by atoms with Crippen LogP contribution in [0.5, 0.6) is 0 Å². The molecule has 1 amide bonds. The van der Waals surface area contributed by atoms with E-state index in [0.717, 1.165) is 4.31 Å². The molecule has 0 aliphatic carbocycles. The number of rotatable bonds is 8. The number of hydrogen-bond acceptors (Lipinski definition) is 6. The molecule has 1 aliphatic rings. The maximum absolute atomic E-state index is 13.1. The molecule has 1 aliphatic heterocycles. The van der Waals surface area contributed by atoms with E-state index in [1.807, 2.05) is 0 Å². The highest BCUT2D eigenvalue weighted by molar-refractivity contribution is 7.89. The van der Waals surface area contributed by atoms with Crippen molar-refractivity contribution in [1.82, 2.24) is 9.62 Å². The molecule has 0 unspecified atom stereocenters. The fourth-order valence-electron chi connectivity index (χ4n) is 3.56. The number of nitro benzene ring substituents is 1. The van der Waals surface area contributed by atoms with Gasteiger partial charge in [0.15, 0.2) is 0 Å². The molecule has 3 rings (SSSR count). The Morgan fingerprint density at radius 1 is 1.18 bits per heavy atom. The molecule has 1 fully saturated rings. The number of carbonyl (C=O) groups excluding carboxylic acids is 1. The number of halogens is 2. The summed E-state index contributed by atoms with van der Waals surface area (Å²) in [7, 11) is -4.11. The van der Waals surface area contributed by atoms with Crippen LogP contribution in [-0.4, -0.2) is 53.3 Å². The largest absolute Gasteiger partial charge is 0.480 e. The molecular formula is C20H19Cl2N3O7S. The number of carboxylic acid groups (broad SMARTS) is 1. The van der Waals surface area contributed by atoms with Gasteiger partial charge >= 0.3 is 5.97 Å². The van der Waals surface area contributed by atoms with Crippen LogP contribution in [0.3, 0.4) is 0 Å². The molecule has 0 radical (unpaired) electrons. The minimum absolute atomic E-state index is 0.0741. The molecule has 2 aromatic carbocycles. The fraction of sp³-hybridized carbons (Fsp3) is 0.300. The summed E-state index contributed by atoms with van der Waals surface area (Å²) in [6, 6.07) is 6.64. The number of carboxylic acids is 1. The Morgan fingerprint density at radius 3 is 2.33 bits per heavy atom. The van der Waals surface area contributed by atoms with Crippen molar-refractivity contribution in [2.75, 3.05) is 6.54 Å². The van der Waals surface area contributed by atoms with E-state index < -0.39 is 38.9 Å². The van der Waals surface area contributed by atoms with Crippen LogP contribution in [0.1, 0.15) is 18.4 Å². The van der Waals surface area contributed by atoms with Crippen LogP contribution >= 0.6 is 23.2 Å². The van der Waals surface area contributed by atoms with E-state index in [1.54, 1.807) is 0 Å². The van der Waals surface area contributed by atoms with Gasteiger partial charge in [0.25, 0.3) is 5.69 Å². The Morgan fingerprint density at radius 2 is 1.79 bits per heavy atom. The minimum Gasteiger partial charge on any atom is -0.480 e. The predicted octanol–water partition coefficient (Wildman–Crippen LogP) is 2.87. The SMILES string of the molecule is O=C(O)[C@H](Cc1ccc([N+](=O)[O-])cc1)NC(=O)[C@@H]1CCCN1S(=O)(=O)c1cc(Cl)cc(Cl)c1. The van der Waals surface area contributed by atoms with E-state index in [4.69, 9.17) is 23.2 Å². The van der Waals surface area contributed by atoms with E-state index in [1.165, 1.54) is 42.5 Å². The minimum atomic E-state index is -4.11. The van der Waals surface area contributed by atoms with E-state index >= 15 is 0 Å². The van der Waals surface area contributed by atoms with Crippen molar-refractivity contribution < 1.29 is 28.0 Å². The standard InChI is InChI=1S/C20H19Cl2N3O7S/c21-13-9-14(22)11-16(10-13)33(31,32)24-7-1-2-18(24)19(26)23-17(20(27)28)8-12-3-5-15(6-4-12)25(29)30/h3-6,9-11,17-18H,1-2,7-8H2,(H,23,26)(H,27,28)/t17-,18-/m0/s1. The van der Waals surface area contributed by atoms with Crippen LogP contribution < -0.4 is 5.32 Å². The number of amides is 1. The number of benzene rings is 2. The zero-order valence-corrected chi connectivity index (χ0v) is 19.3. The molecule has 0 spiro atoms. The van der Waals surface area contributed by atoms with E-state index in [-0.39, 0.29) is 40.0 Å². The van der Waals surface area contributed by atoms with Gasteiger partial charge in [-0.25, -0.2) is 13.2 Å². The van der Waals surface area contributed by atoms with Crippen LogP contribution in [0.2, 0.25) is 10.0 Å². The summed E-state index contributed by atoms with van der Waals surface area (Å²) >= 11 is 11.8. The van der Waals surface area contributed by atoms with E-state index in [0.29, 0.717) is 12.0 Å². The normalized spacial score (nSPS) is 17.5. The maximum Gasteiger partial charge on any atom is 0.326 e. The number of sulfonamides is 1. The average molecular weight is 516 g/mol. The predicted molar refractivity (Wildman–Crippen MR) is 120 cm³/mol. The summed E-state index contributed by atoms with van der Waals surface area (Å²) in [4.78, 5) is 34.6. The molecule has 0 aromatic heterocycles. The van der Waals surface area contributed by atoms with Gasteiger partial charge in [0, 0.05) is 35.1 Å². The van der Waals surface area contributed by atoms with Gasteiger partial charge in [0.2, 0.25) is 15.9 Å². The van der Waals surface area contributed by atoms with Crippen molar-refractivity contribution in [3.8, 4) is 0 Å². The monoisotopic (exact) mass is 515 g/mol. The lowest BCUT2D eigenvalue weighted by atomic mass is 10.0. The molecule has 176 valence electrons. The molecule has 2 N–H and O–H groups in total. The van der Waals surface area contributed by atoms with Gasteiger partial charge in [-0.05, 0) is 36.6 Å². The van der Waals surface area contributed by atoms with Gasteiger partial charge in [0.1, 0.15) is 12.1 Å². The Hall–Kier alpha value is -2.73. The summed E-state index contributed by atoms with van der Waals surface area (Å²) in [6.45, 7) is 0.0741. The lowest BCUT2D eigenvalue weighted by Crippen LogP contribution is -2.51. The lowest BCUT2D eigenvalue weighted by molar-refractivity contribution is -0.384. The smallest absolute Gasteiger partial charge is 0.326 e. The Kier molecular flexibility index (Phi) is 7.58. The highest BCUT2D eigenvalue weighted by Gasteiger charge is 2.40. The maximum atomic E-state index is 13.1. The number of nitro groups is 1. The number of nitrogens with one attached hydrogen (secondary N) is 1. The van der Waals surface area contributed by atoms with Gasteiger partial charge < -0.3 is 10.4 Å². The van der Waals surface area contributed by atoms with Crippen LogP contribution in [0, 0.1) is 10.1 Å². The van der Waals surface area contributed by atoms with Crippen LogP contribution in [0.4, 0.5) is 5.69 Å². The van der Waals surface area contributed by atoms with Crippen LogP contribution in [-0.2, 0) is 26.0 Å². The Labute approximate surface area is 199 Å². The Bertz CT molecular complexity index is 1170. The fourth-order valence-corrected chi connectivity index (χ4v) is 5.94. The van der Waals surface area contributed by atoms with Crippen molar-refractivity contribution >= 4 is 50.8 Å². The molecule has 10 nitrogen and oxygen atoms in total. The van der Waals surface area contributed by atoms with Crippen molar-refractivity contribution in [1.29, 1.82) is 0 Å². The second-order valence-corrected chi connectivity index (χ2v) is 10.2. The molecule has 0 saturated carbocycles. The first-order valence-electron chi connectivity index (χ1n) is 9.73. The number of nitrogens with zero attached hydrogens (tertiary/aromatic N) is 2. The first kappa shape index (κ1) is 24.9. The molecular weight excluding hydrogens is 497 g/mol. The third kappa shape index (κ3) is 5.80. The molecule has 13 heteroatoms. The van der Waals surface area contributed by atoms with Crippen molar-refractivity contribution in [2.24, 2.45) is 0 Å². The quantitative estimate of drug-likeness (QED) is 0.405. The van der Waals surface area contributed by atoms with Crippen LogP contribution in [0.25, 0.3) is 0 Å². The number of aliphatic carboxylic acids is 1. The Balaban J connectivity index is 1.77. The summed E-state index contributed by atoms with van der Waals surface area (Å²) in [5.41, 5.74) is 0.306. The van der Waals surface area contributed by atoms with Crippen molar-refractivity contribution in [3.63, 3.8) is 0 Å². The van der Waals surface area contributed by atoms with E-state index in [9.17, 15) is 33.2 Å². The summed E-state index contributed by atoms with van der Waals surface area (Å²) in [6.07, 6.45) is 0.484. The molecule has 33 heavy (non-hydrogen) atoms. The van der Waals surface area contributed by atoms with Crippen LogP contribution in [0.15, 0.2) is 47.4 Å². The number of hydrogen-bond donors (Lipinski definition) is 2. The molecule has 2 atom stereocenters. The topological polar surface area (TPSA) is 147 Å². The van der Waals surface area contributed by atoms with Crippen molar-refractivity contribution in [2.45, 2.75) is 36.2 Å². The van der Waals surface area contributed by atoms with Gasteiger partial charge in [0.05, 0.1) is 9.82 Å². The third-order valence-electron chi connectivity index (χ3n) is 5.15. The van der Waals surface area contributed by atoms with Crippen molar-refractivity contribution in [3.05, 3.63) is 68.2 Å². The molecule has 2 aromatic rings. The van der Waals surface area contributed by atoms with Gasteiger partial charge in [-0.3, -0.25) is 14.9 Å². The highest BCUT2D eigenvalue weighted by Crippen LogP contribution is 2.30. The summed E-state index contributed by atoms with van der Waals surface area (Å²) < 4.78 is 27.2. The molecule has 1 saturated heterocycles. The van der Waals surface area contributed by atoms with Gasteiger partial charge in [-0.2, -0.15) is 4.31 Å². The average Bonchev–Trinajstić information content (AvgIpc) is 3.24. The number of non-ortho nitro benzene ring substituents is 1. The zero-order valence-electron chi connectivity index (χ0n) is 17.0. The molecule has 0 bridgehead atoms. The first-order chi connectivity index (χ1) is 15.5. The highest BCUT2D eigenvalue weighted by atomic mass is 35.5. The first-order valence-corrected chi connectivity index (χ1v) is 11.9. The number of carbonyl (C=O) groups is 2. The second-order valence-electron chi connectivity index (χ2n) is 7.41. The second kappa shape index (κ2) is 10.0. The summed E-state index contributed by atoms with van der Waals surface area (Å²) in [5.74, 6) is -2.07. The summed E-state index contributed by atoms with van der Waals surface area (Å²) in [5, 5.41) is 23.0. The van der Waals surface area contributed by atoms with E-state index in [2.05, 4.69) is 5.32 Å². The van der Waals surface area contributed by atoms with Gasteiger partial charge in [-0.15, -0.1) is 0 Å². The zero-order chi connectivity index (χ0) is 24.3. The van der Waals surface area contributed by atoms with Gasteiger partial charge in [-0.1, -0.05) is 35.3 Å².